The lowest BCUT2D eigenvalue weighted by molar-refractivity contribution is 0.414. The molecule has 0 saturated carbocycles. The maximum atomic E-state index is 11.7. The van der Waals surface area contributed by atoms with Gasteiger partial charge in [0.1, 0.15) is 5.75 Å². The smallest absolute Gasteiger partial charge is 0.191 e. The summed E-state index contributed by atoms with van der Waals surface area (Å²) in [5.74, 6) is 1.39. The fourth-order valence-electron chi connectivity index (χ4n) is 2.82. The van der Waals surface area contributed by atoms with E-state index in [0.29, 0.717) is 29.0 Å². The van der Waals surface area contributed by atoms with E-state index in [0.717, 1.165) is 28.9 Å². The molecule has 0 aliphatic heterocycles. The molecule has 152 valence electrons. The Balaban J connectivity index is 1.89. The molecule has 0 aliphatic carbocycles. The van der Waals surface area contributed by atoms with Crippen LogP contribution in [-0.4, -0.2) is 41.3 Å². The van der Waals surface area contributed by atoms with E-state index in [2.05, 4.69) is 15.6 Å². The topological polar surface area (TPSA) is 79.8 Å². The molecule has 0 spiro atoms. The Bertz CT molecular complexity index is 959. The zero-order valence-corrected chi connectivity index (χ0v) is 18.1. The van der Waals surface area contributed by atoms with Gasteiger partial charge in [-0.2, -0.15) is 0 Å². The highest BCUT2D eigenvalue weighted by atomic mass is 35.5. The van der Waals surface area contributed by atoms with E-state index in [1.165, 1.54) is 6.26 Å². The average molecular weight is 424 g/mol. The van der Waals surface area contributed by atoms with Crippen molar-refractivity contribution in [1.82, 2.24) is 10.6 Å². The van der Waals surface area contributed by atoms with Crippen LogP contribution < -0.4 is 15.4 Å². The third-order valence-electron chi connectivity index (χ3n) is 4.27. The SMILES string of the molecule is CN=C(NCCc1ccc(OC)cc1Cl)NCc1ccc(S(C)(=O)=O)c(C)c1. The molecule has 0 atom stereocenters. The van der Waals surface area contributed by atoms with Gasteiger partial charge in [0.25, 0.3) is 0 Å². The Morgan fingerprint density at radius 1 is 1.18 bits per heavy atom. The quantitative estimate of drug-likeness (QED) is 0.528. The molecule has 0 unspecified atom stereocenters. The molecule has 0 amide bonds. The highest BCUT2D eigenvalue weighted by Crippen LogP contribution is 2.22. The Labute approximate surface area is 171 Å². The van der Waals surface area contributed by atoms with Crippen molar-refractivity contribution in [2.24, 2.45) is 4.99 Å². The summed E-state index contributed by atoms with van der Waals surface area (Å²) >= 11 is 6.26. The fourth-order valence-corrected chi connectivity index (χ4v) is 4.04. The van der Waals surface area contributed by atoms with E-state index in [9.17, 15) is 8.42 Å². The van der Waals surface area contributed by atoms with Gasteiger partial charge in [-0.15, -0.1) is 0 Å². The molecule has 0 fully saturated rings. The third-order valence-corrected chi connectivity index (χ3v) is 5.88. The second-order valence-corrected chi connectivity index (χ2v) is 8.82. The van der Waals surface area contributed by atoms with E-state index < -0.39 is 9.84 Å². The predicted octanol–water partition coefficient (Wildman–Crippen LogP) is 2.97. The first-order chi connectivity index (χ1) is 13.2. The molecule has 0 saturated heterocycles. The van der Waals surface area contributed by atoms with Gasteiger partial charge in [0.15, 0.2) is 15.8 Å². The van der Waals surface area contributed by atoms with Gasteiger partial charge in [-0.1, -0.05) is 29.8 Å². The van der Waals surface area contributed by atoms with Crippen molar-refractivity contribution in [3.8, 4) is 5.75 Å². The standard InChI is InChI=1S/C20H26ClN3O3S/c1-14-11-15(5-8-19(14)28(4,25)26)13-24-20(22-2)23-10-9-16-6-7-17(27-3)12-18(16)21/h5-8,11-12H,9-10,13H2,1-4H3,(H2,22,23,24). The lowest BCUT2D eigenvalue weighted by atomic mass is 10.1. The van der Waals surface area contributed by atoms with Gasteiger partial charge < -0.3 is 15.4 Å². The number of halogens is 1. The van der Waals surface area contributed by atoms with Crippen LogP contribution in [0.3, 0.4) is 0 Å². The number of methoxy groups -OCH3 is 1. The number of sulfone groups is 1. The first-order valence-electron chi connectivity index (χ1n) is 8.81. The van der Waals surface area contributed by atoms with E-state index in [1.54, 1.807) is 39.3 Å². The zero-order chi connectivity index (χ0) is 20.7. The minimum Gasteiger partial charge on any atom is -0.497 e. The first kappa shape index (κ1) is 22.0. The van der Waals surface area contributed by atoms with Crippen LogP contribution in [0.4, 0.5) is 0 Å². The molecule has 2 aromatic carbocycles. The molecule has 8 heteroatoms. The average Bonchev–Trinajstić information content (AvgIpc) is 2.64. The van der Waals surface area contributed by atoms with Crippen LogP contribution in [0.15, 0.2) is 46.3 Å². The molecule has 28 heavy (non-hydrogen) atoms. The van der Waals surface area contributed by atoms with Crippen molar-refractivity contribution in [3.05, 3.63) is 58.1 Å². The number of aryl methyl sites for hydroxylation is 1. The molecule has 2 aromatic rings. The first-order valence-corrected chi connectivity index (χ1v) is 11.1. The molecular formula is C20H26ClN3O3S. The molecule has 6 nitrogen and oxygen atoms in total. The van der Waals surface area contributed by atoms with Gasteiger partial charge in [0.05, 0.1) is 12.0 Å². The van der Waals surface area contributed by atoms with Crippen LogP contribution >= 0.6 is 11.6 Å². The second-order valence-electron chi connectivity index (χ2n) is 6.43. The molecule has 0 radical (unpaired) electrons. The molecule has 0 aliphatic rings. The molecule has 2 N–H and O–H groups in total. The number of rotatable bonds is 7. The van der Waals surface area contributed by atoms with E-state index >= 15 is 0 Å². The monoisotopic (exact) mass is 423 g/mol. The number of hydrogen-bond acceptors (Lipinski definition) is 4. The normalized spacial score (nSPS) is 12.0. The number of ether oxygens (including phenoxy) is 1. The Hall–Kier alpha value is -2.25. The summed E-state index contributed by atoms with van der Waals surface area (Å²) in [6.07, 6.45) is 1.96. The van der Waals surface area contributed by atoms with Crippen LogP contribution in [0.5, 0.6) is 5.75 Å². The largest absolute Gasteiger partial charge is 0.497 e. The van der Waals surface area contributed by atoms with E-state index in [4.69, 9.17) is 16.3 Å². The second kappa shape index (κ2) is 9.80. The lowest BCUT2D eigenvalue weighted by Gasteiger charge is -2.13. The van der Waals surface area contributed by atoms with Crippen LogP contribution in [-0.2, 0) is 22.8 Å². The van der Waals surface area contributed by atoms with E-state index in [1.807, 2.05) is 18.2 Å². The number of nitrogens with one attached hydrogen (secondary N) is 2. The van der Waals surface area contributed by atoms with E-state index in [-0.39, 0.29) is 0 Å². The van der Waals surface area contributed by atoms with Crippen LogP contribution in [0.2, 0.25) is 5.02 Å². The highest BCUT2D eigenvalue weighted by molar-refractivity contribution is 7.90. The zero-order valence-electron chi connectivity index (χ0n) is 16.5. The Morgan fingerprint density at radius 3 is 2.50 bits per heavy atom. The number of guanidine groups is 1. The molecule has 0 aromatic heterocycles. The van der Waals surface area contributed by atoms with Gasteiger partial charge >= 0.3 is 0 Å². The van der Waals surface area contributed by atoms with Crippen LogP contribution in [0.1, 0.15) is 16.7 Å². The molecule has 2 rings (SSSR count). The van der Waals surface area contributed by atoms with Gasteiger partial charge in [-0.05, 0) is 48.2 Å². The van der Waals surface area contributed by atoms with Crippen molar-refractivity contribution in [2.45, 2.75) is 24.8 Å². The summed E-state index contributed by atoms with van der Waals surface area (Å²) in [6, 6.07) is 11.0. The number of aliphatic imine (C=N–C) groups is 1. The summed E-state index contributed by atoms with van der Waals surface area (Å²) in [4.78, 5) is 4.57. The highest BCUT2D eigenvalue weighted by Gasteiger charge is 2.11. The van der Waals surface area contributed by atoms with Crippen molar-refractivity contribution in [2.75, 3.05) is 27.0 Å². The van der Waals surface area contributed by atoms with Gasteiger partial charge in [0.2, 0.25) is 0 Å². The lowest BCUT2D eigenvalue weighted by Crippen LogP contribution is -2.37. The van der Waals surface area contributed by atoms with Gasteiger partial charge in [-0.3, -0.25) is 4.99 Å². The number of nitrogens with zero attached hydrogens (tertiary/aromatic N) is 1. The fraction of sp³-hybridized carbons (Fsp3) is 0.350. The van der Waals surface area contributed by atoms with Crippen LogP contribution in [0, 0.1) is 6.92 Å². The summed E-state index contributed by atoms with van der Waals surface area (Å²) < 4.78 is 28.6. The molecule has 0 bridgehead atoms. The van der Waals surface area contributed by atoms with Crippen molar-refractivity contribution in [3.63, 3.8) is 0 Å². The van der Waals surface area contributed by atoms with Crippen molar-refractivity contribution < 1.29 is 13.2 Å². The Kier molecular flexibility index (Phi) is 7.71. The summed E-state index contributed by atoms with van der Waals surface area (Å²) in [5.41, 5.74) is 2.74. The minimum absolute atomic E-state index is 0.357. The number of hydrogen-bond donors (Lipinski definition) is 2. The number of benzene rings is 2. The van der Waals surface area contributed by atoms with Gasteiger partial charge in [0, 0.05) is 31.4 Å². The summed E-state index contributed by atoms with van der Waals surface area (Å²) in [7, 11) is 0.104. The maximum Gasteiger partial charge on any atom is 0.191 e. The van der Waals surface area contributed by atoms with Crippen molar-refractivity contribution >= 4 is 27.4 Å². The summed E-state index contributed by atoms with van der Waals surface area (Å²) in [5, 5.41) is 7.15. The van der Waals surface area contributed by atoms with Crippen molar-refractivity contribution in [1.29, 1.82) is 0 Å². The maximum absolute atomic E-state index is 11.7. The molecule has 0 heterocycles. The third kappa shape index (κ3) is 6.14. The predicted molar refractivity (Wildman–Crippen MR) is 114 cm³/mol. The van der Waals surface area contributed by atoms with Crippen LogP contribution in [0.25, 0.3) is 0 Å². The van der Waals surface area contributed by atoms with Gasteiger partial charge in [-0.25, -0.2) is 8.42 Å². The minimum atomic E-state index is -3.21. The Morgan fingerprint density at radius 2 is 1.93 bits per heavy atom. The molecular weight excluding hydrogens is 398 g/mol. The summed E-state index contributed by atoms with van der Waals surface area (Å²) in [6.45, 7) is 3.00.